The van der Waals surface area contributed by atoms with Crippen LogP contribution in [0.3, 0.4) is 0 Å². The summed E-state index contributed by atoms with van der Waals surface area (Å²) in [4.78, 5) is 25.2. The number of nitrogens with zero attached hydrogens (tertiary/aromatic N) is 1. The lowest BCUT2D eigenvalue weighted by Gasteiger charge is -2.32. The third-order valence-electron chi connectivity index (χ3n) is 6.63. The number of amides is 2. The molecule has 0 aliphatic carbocycles. The first-order valence-electron chi connectivity index (χ1n) is 11.6. The van der Waals surface area contributed by atoms with E-state index in [0.717, 1.165) is 10.8 Å². The van der Waals surface area contributed by atoms with Gasteiger partial charge in [-0.1, -0.05) is 36.4 Å². The summed E-state index contributed by atoms with van der Waals surface area (Å²) in [6.07, 6.45) is 0.483. The minimum absolute atomic E-state index is 0.101. The maximum atomic E-state index is 13.6. The quantitative estimate of drug-likeness (QED) is 0.574. The lowest BCUT2D eigenvalue weighted by Crippen LogP contribution is -2.44. The molecule has 8 nitrogen and oxygen atoms in total. The molecule has 1 fully saturated rings. The molecule has 9 heteroatoms. The van der Waals surface area contributed by atoms with Gasteiger partial charge in [0.2, 0.25) is 15.9 Å². The van der Waals surface area contributed by atoms with E-state index in [1.807, 2.05) is 42.5 Å². The van der Waals surface area contributed by atoms with E-state index in [4.69, 9.17) is 4.74 Å². The number of carbonyl (C=O) groups excluding carboxylic acids is 2. The van der Waals surface area contributed by atoms with Gasteiger partial charge >= 0.3 is 0 Å². The Morgan fingerprint density at radius 1 is 1.14 bits per heavy atom. The second-order valence-electron chi connectivity index (χ2n) is 9.08. The lowest BCUT2D eigenvalue weighted by atomic mass is 9.98. The number of sulfonamides is 1. The lowest BCUT2D eigenvalue weighted by molar-refractivity contribution is -0.123. The first-order chi connectivity index (χ1) is 16.7. The molecular weight excluding hydrogens is 466 g/mol. The van der Waals surface area contributed by atoms with Crippen molar-refractivity contribution in [2.45, 2.75) is 37.7 Å². The van der Waals surface area contributed by atoms with Gasteiger partial charge < -0.3 is 15.4 Å². The Balaban J connectivity index is 1.37. The van der Waals surface area contributed by atoms with Crippen LogP contribution < -0.4 is 15.4 Å². The van der Waals surface area contributed by atoms with E-state index in [-0.39, 0.29) is 23.3 Å². The molecule has 0 radical (unpaired) electrons. The second kappa shape index (κ2) is 8.98. The summed E-state index contributed by atoms with van der Waals surface area (Å²) in [6, 6.07) is 16.6. The number of ether oxygens (including phenoxy) is 1. The van der Waals surface area contributed by atoms with Crippen molar-refractivity contribution in [2.24, 2.45) is 5.92 Å². The van der Waals surface area contributed by atoms with Crippen LogP contribution in [0.1, 0.15) is 25.3 Å². The summed E-state index contributed by atoms with van der Waals surface area (Å²) in [5, 5.41) is 7.71. The van der Waals surface area contributed by atoms with Gasteiger partial charge in [-0.2, -0.15) is 4.31 Å². The van der Waals surface area contributed by atoms with Crippen LogP contribution >= 0.6 is 0 Å². The van der Waals surface area contributed by atoms with Crippen molar-refractivity contribution in [3.63, 3.8) is 0 Å². The Bertz CT molecular complexity index is 1430. The van der Waals surface area contributed by atoms with Gasteiger partial charge in [-0.3, -0.25) is 9.59 Å². The summed E-state index contributed by atoms with van der Waals surface area (Å²) >= 11 is 0. The highest BCUT2D eigenvalue weighted by molar-refractivity contribution is 7.89. The molecule has 35 heavy (non-hydrogen) atoms. The van der Waals surface area contributed by atoms with Crippen LogP contribution in [0.4, 0.5) is 11.4 Å². The topological polar surface area (TPSA) is 105 Å². The first-order valence-corrected chi connectivity index (χ1v) is 13.1. The average Bonchev–Trinajstić information content (AvgIpc) is 2.85. The van der Waals surface area contributed by atoms with Gasteiger partial charge in [-0.05, 0) is 49.8 Å². The van der Waals surface area contributed by atoms with Gasteiger partial charge in [0.1, 0.15) is 5.75 Å². The van der Waals surface area contributed by atoms with Crippen LogP contribution in [0.15, 0.2) is 59.5 Å². The van der Waals surface area contributed by atoms with Crippen molar-refractivity contribution in [3.05, 3.63) is 60.2 Å². The van der Waals surface area contributed by atoms with Gasteiger partial charge in [0.05, 0.1) is 16.5 Å². The minimum Gasteiger partial charge on any atom is -0.479 e. The standard InChI is InChI=1S/C26H27N3O5S/c1-16-13-22-23(34-17(2)25(30)28-22)14-24(16)35(32,33)29-12-6-9-19(15-29)26(31)27-21-11-5-8-18-7-3-4-10-20(18)21/h3-5,7-8,10-11,13-14,17,19H,6,9,12,15H2,1-2H3,(H,27,31)(H,28,30)/t17-,19-/m0/s1. The number of fused-ring (bicyclic) bond motifs is 2. The summed E-state index contributed by atoms with van der Waals surface area (Å²) in [5.41, 5.74) is 1.67. The van der Waals surface area contributed by atoms with E-state index in [2.05, 4.69) is 10.6 Å². The van der Waals surface area contributed by atoms with Gasteiger partial charge in [-0.15, -0.1) is 0 Å². The molecule has 0 saturated carbocycles. The third kappa shape index (κ3) is 4.37. The summed E-state index contributed by atoms with van der Waals surface area (Å²) in [7, 11) is -3.87. The molecule has 182 valence electrons. The van der Waals surface area contributed by atoms with Crippen LogP contribution in [-0.4, -0.2) is 43.7 Å². The van der Waals surface area contributed by atoms with Crippen LogP contribution in [0.25, 0.3) is 10.8 Å². The van der Waals surface area contributed by atoms with Crippen molar-refractivity contribution in [3.8, 4) is 5.75 Å². The SMILES string of the molecule is Cc1cc2c(cc1S(=O)(=O)N1CCC[C@H](C(=O)Nc3cccc4ccccc34)C1)O[C@@H](C)C(=O)N2. The molecule has 2 amide bonds. The minimum atomic E-state index is -3.87. The van der Waals surface area contributed by atoms with Crippen molar-refractivity contribution >= 4 is 44.0 Å². The number of benzene rings is 3. The van der Waals surface area contributed by atoms with Crippen LogP contribution in [0.5, 0.6) is 5.75 Å². The number of rotatable bonds is 4. The molecule has 0 spiro atoms. The smallest absolute Gasteiger partial charge is 0.265 e. The maximum Gasteiger partial charge on any atom is 0.265 e. The molecule has 2 heterocycles. The molecule has 2 atom stereocenters. The highest BCUT2D eigenvalue weighted by atomic mass is 32.2. The zero-order valence-electron chi connectivity index (χ0n) is 19.6. The van der Waals surface area contributed by atoms with E-state index in [1.54, 1.807) is 19.9 Å². The number of nitrogens with one attached hydrogen (secondary N) is 2. The van der Waals surface area contributed by atoms with Gasteiger partial charge in [-0.25, -0.2) is 8.42 Å². The van der Waals surface area contributed by atoms with Gasteiger partial charge in [0.25, 0.3) is 5.91 Å². The molecule has 2 aliphatic heterocycles. The normalized spacial score (nSPS) is 20.6. The highest BCUT2D eigenvalue weighted by Gasteiger charge is 2.35. The summed E-state index contributed by atoms with van der Waals surface area (Å²) in [5.74, 6) is -0.610. The predicted octanol–water partition coefficient (Wildman–Crippen LogP) is 3.91. The first kappa shape index (κ1) is 23.3. The van der Waals surface area contributed by atoms with Crippen LogP contribution in [-0.2, 0) is 19.6 Å². The van der Waals surface area contributed by atoms with E-state index in [0.29, 0.717) is 42.1 Å². The van der Waals surface area contributed by atoms with E-state index >= 15 is 0 Å². The number of carbonyl (C=O) groups is 2. The Morgan fingerprint density at radius 2 is 1.91 bits per heavy atom. The molecule has 0 bridgehead atoms. The number of anilines is 2. The molecule has 2 N–H and O–H groups in total. The van der Waals surface area contributed by atoms with Crippen LogP contribution in [0.2, 0.25) is 0 Å². The Kier molecular flexibility index (Phi) is 5.98. The fourth-order valence-electron chi connectivity index (χ4n) is 4.70. The maximum absolute atomic E-state index is 13.6. The van der Waals surface area contributed by atoms with Crippen molar-refractivity contribution in [2.75, 3.05) is 23.7 Å². The zero-order chi connectivity index (χ0) is 24.7. The third-order valence-corrected chi connectivity index (χ3v) is 8.64. The van der Waals surface area contributed by atoms with Crippen molar-refractivity contribution in [1.29, 1.82) is 0 Å². The second-order valence-corrected chi connectivity index (χ2v) is 11.0. The summed E-state index contributed by atoms with van der Waals surface area (Å²) < 4.78 is 34.2. The van der Waals surface area contributed by atoms with Gasteiger partial charge in [0, 0.05) is 30.2 Å². The summed E-state index contributed by atoms with van der Waals surface area (Å²) in [6.45, 7) is 3.73. The van der Waals surface area contributed by atoms with E-state index in [9.17, 15) is 18.0 Å². The van der Waals surface area contributed by atoms with Gasteiger partial charge in [0.15, 0.2) is 6.10 Å². The largest absolute Gasteiger partial charge is 0.479 e. The van der Waals surface area contributed by atoms with E-state index < -0.39 is 22.0 Å². The monoisotopic (exact) mass is 493 g/mol. The average molecular weight is 494 g/mol. The van der Waals surface area contributed by atoms with Crippen molar-refractivity contribution < 1.29 is 22.7 Å². The Labute approximate surface area is 204 Å². The number of hydrogen-bond donors (Lipinski definition) is 2. The number of piperidine rings is 1. The molecular formula is C26H27N3O5S. The van der Waals surface area contributed by atoms with E-state index in [1.165, 1.54) is 10.4 Å². The van der Waals surface area contributed by atoms with Crippen molar-refractivity contribution in [1.82, 2.24) is 4.31 Å². The molecule has 2 aliphatic rings. The zero-order valence-corrected chi connectivity index (χ0v) is 20.4. The Morgan fingerprint density at radius 3 is 2.74 bits per heavy atom. The fraction of sp³-hybridized carbons (Fsp3) is 0.308. The number of hydrogen-bond acceptors (Lipinski definition) is 5. The Hall–Kier alpha value is -3.43. The highest BCUT2D eigenvalue weighted by Crippen LogP contribution is 2.36. The molecule has 5 rings (SSSR count). The molecule has 0 unspecified atom stereocenters. The molecule has 3 aromatic carbocycles. The molecule has 3 aromatic rings. The molecule has 1 saturated heterocycles. The predicted molar refractivity (Wildman–Crippen MR) is 134 cm³/mol. The number of aryl methyl sites for hydroxylation is 1. The van der Waals surface area contributed by atoms with Crippen LogP contribution in [0, 0.1) is 12.8 Å². The fourth-order valence-corrected chi connectivity index (χ4v) is 6.45. The molecule has 0 aromatic heterocycles.